The molecule has 1 saturated carbocycles. The molecule has 2 amide bonds. The molecule has 1 fully saturated rings. The Balaban J connectivity index is 1.81. The quantitative estimate of drug-likeness (QED) is 0.688. The summed E-state index contributed by atoms with van der Waals surface area (Å²) in [5.41, 5.74) is 0.675. The van der Waals surface area contributed by atoms with Crippen LogP contribution in [0.2, 0.25) is 0 Å². The van der Waals surface area contributed by atoms with E-state index in [1.165, 1.54) is 23.9 Å². The Morgan fingerprint density at radius 2 is 1.79 bits per heavy atom. The zero-order valence-electron chi connectivity index (χ0n) is 16.6. The molecule has 3 rings (SSSR count). The number of amides is 2. The molecule has 0 saturated heterocycles. The number of hydrogen-bond acceptors (Lipinski definition) is 4. The summed E-state index contributed by atoms with van der Waals surface area (Å²) < 4.78 is 1.39. The first-order chi connectivity index (χ1) is 14.0. The van der Waals surface area contributed by atoms with Gasteiger partial charge in [-0.2, -0.15) is 0 Å². The van der Waals surface area contributed by atoms with Crippen LogP contribution >= 0.6 is 0 Å². The molecule has 7 heteroatoms. The van der Waals surface area contributed by atoms with E-state index in [1.807, 2.05) is 30.3 Å². The Hall–Kier alpha value is -2.93. The van der Waals surface area contributed by atoms with E-state index in [4.69, 9.17) is 0 Å². The summed E-state index contributed by atoms with van der Waals surface area (Å²) in [6, 6.07) is 10.8. The molecule has 1 heterocycles. The molecular formula is C22H27N3O4. The summed E-state index contributed by atoms with van der Waals surface area (Å²) in [7, 11) is 1.45. The van der Waals surface area contributed by atoms with E-state index in [0.29, 0.717) is 12.5 Å². The highest BCUT2D eigenvalue weighted by atomic mass is 16.3. The van der Waals surface area contributed by atoms with Crippen molar-refractivity contribution in [3.8, 4) is 0 Å². The first-order valence-electron chi connectivity index (χ1n) is 9.94. The minimum atomic E-state index is -0.521. The van der Waals surface area contributed by atoms with Crippen molar-refractivity contribution >= 4 is 11.8 Å². The summed E-state index contributed by atoms with van der Waals surface area (Å²) >= 11 is 0. The highest BCUT2D eigenvalue weighted by Gasteiger charge is 2.21. The zero-order valence-corrected chi connectivity index (χ0v) is 16.6. The number of nitrogens with one attached hydrogen (secondary N) is 2. The molecule has 0 atom stereocenters. The van der Waals surface area contributed by atoms with Gasteiger partial charge in [0.1, 0.15) is 5.56 Å². The van der Waals surface area contributed by atoms with E-state index in [9.17, 15) is 19.5 Å². The van der Waals surface area contributed by atoms with E-state index < -0.39 is 11.5 Å². The molecule has 2 aromatic rings. The normalized spacial score (nSPS) is 18.8. The zero-order chi connectivity index (χ0) is 20.8. The van der Waals surface area contributed by atoms with Crippen LogP contribution in [0, 0.1) is 5.92 Å². The van der Waals surface area contributed by atoms with Crippen molar-refractivity contribution in [3.63, 3.8) is 0 Å². The van der Waals surface area contributed by atoms with Crippen LogP contribution in [-0.2, 0) is 6.54 Å². The molecule has 1 aromatic carbocycles. The van der Waals surface area contributed by atoms with E-state index in [2.05, 4.69) is 10.6 Å². The molecule has 3 N–H and O–H groups in total. The van der Waals surface area contributed by atoms with Crippen LogP contribution in [0.25, 0.3) is 0 Å². The minimum absolute atomic E-state index is 0.0585. The second-order valence-corrected chi connectivity index (χ2v) is 7.52. The number of aromatic nitrogens is 1. The van der Waals surface area contributed by atoms with Crippen molar-refractivity contribution in [2.75, 3.05) is 13.6 Å². The highest BCUT2D eigenvalue weighted by Crippen LogP contribution is 2.23. The van der Waals surface area contributed by atoms with Crippen molar-refractivity contribution < 1.29 is 14.7 Å². The van der Waals surface area contributed by atoms with Gasteiger partial charge >= 0.3 is 0 Å². The number of pyridine rings is 1. The molecule has 1 aliphatic rings. The molecule has 7 nitrogen and oxygen atoms in total. The molecule has 1 aromatic heterocycles. The number of benzene rings is 1. The number of aliphatic hydroxyl groups is 1. The predicted molar refractivity (Wildman–Crippen MR) is 110 cm³/mol. The molecule has 154 valence electrons. The molecule has 0 unspecified atom stereocenters. The Kier molecular flexibility index (Phi) is 6.82. The number of hydrogen-bond donors (Lipinski definition) is 3. The summed E-state index contributed by atoms with van der Waals surface area (Å²) in [6.07, 6.45) is 4.52. The van der Waals surface area contributed by atoms with E-state index in [0.717, 1.165) is 31.2 Å². The van der Waals surface area contributed by atoms with Crippen molar-refractivity contribution in [2.45, 2.75) is 38.3 Å². The third-order valence-electron chi connectivity index (χ3n) is 5.38. The Bertz CT molecular complexity index is 915. The molecule has 0 bridgehead atoms. The van der Waals surface area contributed by atoms with Gasteiger partial charge in [0.25, 0.3) is 17.4 Å². The predicted octanol–water partition coefficient (Wildman–Crippen LogP) is 1.54. The van der Waals surface area contributed by atoms with Crippen LogP contribution in [0.5, 0.6) is 0 Å². The van der Waals surface area contributed by atoms with Crippen LogP contribution < -0.4 is 16.2 Å². The monoisotopic (exact) mass is 397 g/mol. The van der Waals surface area contributed by atoms with Crippen molar-refractivity contribution in [3.05, 3.63) is 69.6 Å². The van der Waals surface area contributed by atoms with Crippen LogP contribution in [0.3, 0.4) is 0 Å². The molecule has 0 radical (unpaired) electrons. The fourth-order valence-electron chi connectivity index (χ4n) is 3.64. The molecule has 0 spiro atoms. The van der Waals surface area contributed by atoms with Crippen LogP contribution in [-0.4, -0.2) is 41.2 Å². The number of aliphatic hydroxyl groups excluding tert-OH is 1. The molecule has 29 heavy (non-hydrogen) atoms. The van der Waals surface area contributed by atoms with E-state index in [1.54, 1.807) is 0 Å². The average molecular weight is 397 g/mol. The van der Waals surface area contributed by atoms with Crippen LogP contribution in [0.1, 0.15) is 52.0 Å². The van der Waals surface area contributed by atoms with Crippen LogP contribution in [0.15, 0.2) is 47.4 Å². The van der Waals surface area contributed by atoms with Crippen molar-refractivity contribution in [1.82, 2.24) is 15.2 Å². The molecule has 0 aliphatic heterocycles. The fraction of sp³-hybridized carbons (Fsp3) is 0.409. The Morgan fingerprint density at radius 1 is 1.10 bits per heavy atom. The van der Waals surface area contributed by atoms with Gasteiger partial charge < -0.3 is 20.3 Å². The summed E-state index contributed by atoms with van der Waals surface area (Å²) in [6.45, 7) is 0.782. The van der Waals surface area contributed by atoms with Crippen LogP contribution in [0.4, 0.5) is 0 Å². The lowest BCUT2D eigenvalue weighted by Gasteiger charge is -2.25. The fourth-order valence-corrected chi connectivity index (χ4v) is 3.64. The SMILES string of the molecule is CNC(=O)c1cc(C(=O)NCC2CCC(O)CC2)cn(Cc2ccccc2)c1=O. The second kappa shape index (κ2) is 9.52. The minimum Gasteiger partial charge on any atom is -0.393 e. The van der Waals surface area contributed by atoms with Crippen molar-refractivity contribution in [1.29, 1.82) is 0 Å². The summed E-state index contributed by atoms with van der Waals surface area (Å²) in [5, 5.41) is 15.0. The van der Waals surface area contributed by atoms with E-state index >= 15 is 0 Å². The van der Waals surface area contributed by atoms with Gasteiger partial charge in [-0.3, -0.25) is 14.4 Å². The average Bonchev–Trinajstić information content (AvgIpc) is 2.74. The van der Waals surface area contributed by atoms with Gasteiger partial charge in [0.05, 0.1) is 18.2 Å². The largest absolute Gasteiger partial charge is 0.393 e. The second-order valence-electron chi connectivity index (χ2n) is 7.52. The van der Waals surface area contributed by atoms with Gasteiger partial charge in [-0.05, 0) is 43.2 Å². The van der Waals surface area contributed by atoms with E-state index in [-0.39, 0.29) is 29.7 Å². The maximum atomic E-state index is 12.7. The lowest BCUT2D eigenvalue weighted by Crippen LogP contribution is -2.35. The third-order valence-corrected chi connectivity index (χ3v) is 5.38. The van der Waals surface area contributed by atoms with Crippen molar-refractivity contribution in [2.24, 2.45) is 5.92 Å². The lowest BCUT2D eigenvalue weighted by molar-refractivity contribution is 0.0909. The summed E-state index contributed by atoms with van der Waals surface area (Å²) in [4.78, 5) is 37.6. The molecule has 1 aliphatic carbocycles. The first-order valence-corrected chi connectivity index (χ1v) is 9.94. The number of rotatable bonds is 6. The highest BCUT2D eigenvalue weighted by molar-refractivity contribution is 5.99. The van der Waals surface area contributed by atoms with Gasteiger partial charge in [0.15, 0.2) is 0 Å². The number of carbonyl (C=O) groups excluding carboxylic acids is 2. The van der Waals surface area contributed by atoms with Gasteiger partial charge in [0.2, 0.25) is 0 Å². The van der Waals surface area contributed by atoms with Gasteiger partial charge in [-0.25, -0.2) is 0 Å². The van der Waals surface area contributed by atoms with Gasteiger partial charge in [0, 0.05) is 19.8 Å². The first kappa shape index (κ1) is 20.8. The molecular weight excluding hydrogens is 370 g/mol. The van der Waals surface area contributed by atoms with Gasteiger partial charge in [-0.15, -0.1) is 0 Å². The third kappa shape index (κ3) is 5.32. The smallest absolute Gasteiger partial charge is 0.263 e. The maximum absolute atomic E-state index is 12.7. The topological polar surface area (TPSA) is 100 Å². The Morgan fingerprint density at radius 3 is 2.45 bits per heavy atom. The maximum Gasteiger partial charge on any atom is 0.263 e. The van der Waals surface area contributed by atoms with Gasteiger partial charge in [-0.1, -0.05) is 30.3 Å². The standard InChI is InChI=1S/C22H27N3O4/c1-23-21(28)19-11-17(20(27)24-12-15-7-9-18(26)10-8-15)14-25(22(19)29)13-16-5-3-2-4-6-16/h2-6,11,14-15,18,26H,7-10,12-13H2,1H3,(H,23,28)(H,24,27). The summed E-state index contributed by atoms with van der Waals surface area (Å²) in [5.74, 6) is -0.508. The Labute approximate surface area is 169 Å². The number of nitrogens with zero attached hydrogens (tertiary/aromatic N) is 1. The lowest BCUT2D eigenvalue weighted by atomic mass is 9.87. The number of carbonyl (C=O) groups is 2.